The predicted molar refractivity (Wildman–Crippen MR) is 69.8 cm³/mol. The minimum atomic E-state index is -1.14. The Kier molecular flexibility index (Phi) is 3.64. The average molecular weight is 247 g/mol. The van der Waals surface area contributed by atoms with Crippen LogP contribution in [0.5, 0.6) is 0 Å². The quantitative estimate of drug-likeness (QED) is 0.701. The molecular formula is C13H17N3O2. The standard InChI is InChI=1S/C13H17N3O2/c1-16-8-9(6-15-7-12(17)13(14)18)10-4-2-3-5-11(10)16/h2-5,8,12,15,17H,6-7H2,1H3,(H2,14,18). The van der Waals surface area contributed by atoms with Gasteiger partial charge in [-0.1, -0.05) is 18.2 Å². The van der Waals surface area contributed by atoms with E-state index >= 15 is 0 Å². The van der Waals surface area contributed by atoms with Crippen LogP contribution in [0.3, 0.4) is 0 Å². The topological polar surface area (TPSA) is 80.3 Å². The van der Waals surface area contributed by atoms with Crippen molar-refractivity contribution in [2.24, 2.45) is 12.8 Å². The van der Waals surface area contributed by atoms with E-state index in [0.717, 1.165) is 11.1 Å². The molecule has 0 fully saturated rings. The minimum Gasteiger partial charge on any atom is -0.382 e. The van der Waals surface area contributed by atoms with Crippen LogP contribution < -0.4 is 11.1 Å². The molecular weight excluding hydrogens is 230 g/mol. The molecule has 0 aliphatic rings. The molecule has 4 N–H and O–H groups in total. The Labute approximate surface area is 105 Å². The smallest absolute Gasteiger partial charge is 0.247 e. The lowest BCUT2D eigenvalue weighted by atomic mass is 10.2. The number of amides is 1. The molecule has 1 amide bonds. The summed E-state index contributed by atoms with van der Waals surface area (Å²) >= 11 is 0. The highest BCUT2D eigenvalue weighted by Gasteiger charge is 2.10. The highest BCUT2D eigenvalue weighted by atomic mass is 16.3. The minimum absolute atomic E-state index is 0.165. The van der Waals surface area contributed by atoms with Crippen molar-refractivity contribution in [3.8, 4) is 0 Å². The van der Waals surface area contributed by atoms with Gasteiger partial charge in [-0.05, 0) is 11.6 Å². The first-order chi connectivity index (χ1) is 8.59. The Morgan fingerprint density at radius 2 is 2.22 bits per heavy atom. The summed E-state index contributed by atoms with van der Waals surface area (Å²) in [4.78, 5) is 10.7. The summed E-state index contributed by atoms with van der Waals surface area (Å²) in [6.45, 7) is 0.754. The van der Waals surface area contributed by atoms with Crippen LogP contribution in [-0.4, -0.2) is 28.2 Å². The maximum atomic E-state index is 10.7. The lowest BCUT2D eigenvalue weighted by molar-refractivity contribution is -0.125. The number of primary amides is 1. The number of rotatable bonds is 5. The van der Waals surface area contributed by atoms with Gasteiger partial charge in [-0.2, -0.15) is 0 Å². The van der Waals surface area contributed by atoms with E-state index in [0.29, 0.717) is 6.54 Å². The van der Waals surface area contributed by atoms with E-state index in [1.807, 2.05) is 25.4 Å². The highest BCUT2D eigenvalue weighted by Crippen LogP contribution is 2.19. The molecule has 5 nitrogen and oxygen atoms in total. The number of nitrogens with zero attached hydrogens (tertiary/aromatic N) is 1. The number of hydrogen-bond acceptors (Lipinski definition) is 3. The Morgan fingerprint density at radius 1 is 1.50 bits per heavy atom. The molecule has 5 heteroatoms. The summed E-state index contributed by atoms with van der Waals surface area (Å²) in [6.07, 6.45) is 0.897. The van der Waals surface area contributed by atoms with E-state index in [1.165, 1.54) is 5.39 Å². The molecule has 0 bridgehead atoms. The monoisotopic (exact) mass is 247 g/mol. The SMILES string of the molecule is Cn1cc(CNCC(O)C(N)=O)c2ccccc21. The van der Waals surface area contributed by atoms with Crippen molar-refractivity contribution in [2.75, 3.05) is 6.54 Å². The van der Waals surface area contributed by atoms with E-state index < -0.39 is 12.0 Å². The van der Waals surface area contributed by atoms with Crippen LogP contribution >= 0.6 is 0 Å². The normalized spacial score (nSPS) is 12.8. The summed E-state index contributed by atoms with van der Waals surface area (Å²) < 4.78 is 2.05. The van der Waals surface area contributed by atoms with Crippen LogP contribution in [0.2, 0.25) is 0 Å². The number of carbonyl (C=O) groups is 1. The largest absolute Gasteiger partial charge is 0.382 e. The first-order valence-corrected chi connectivity index (χ1v) is 5.80. The van der Waals surface area contributed by atoms with E-state index in [2.05, 4.69) is 22.0 Å². The molecule has 0 saturated heterocycles. The second kappa shape index (κ2) is 5.20. The number of aliphatic hydroxyl groups is 1. The molecule has 1 atom stereocenters. The number of aliphatic hydroxyl groups excluding tert-OH is 1. The molecule has 0 radical (unpaired) electrons. The third-order valence-corrected chi connectivity index (χ3v) is 2.96. The molecule has 2 rings (SSSR count). The van der Waals surface area contributed by atoms with Gasteiger partial charge in [0.15, 0.2) is 0 Å². The summed E-state index contributed by atoms with van der Waals surface area (Å²) in [5.74, 6) is -0.708. The fourth-order valence-corrected chi connectivity index (χ4v) is 2.01. The number of nitrogens with one attached hydrogen (secondary N) is 1. The van der Waals surface area contributed by atoms with Crippen molar-refractivity contribution >= 4 is 16.8 Å². The fraction of sp³-hybridized carbons (Fsp3) is 0.308. The molecule has 0 spiro atoms. The summed E-state index contributed by atoms with van der Waals surface area (Å²) in [5.41, 5.74) is 7.26. The van der Waals surface area contributed by atoms with E-state index in [9.17, 15) is 9.90 Å². The Morgan fingerprint density at radius 3 is 2.94 bits per heavy atom. The molecule has 2 aromatic rings. The van der Waals surface area contributed by atoms with Crippen LogP contribution in [0.4, 0.5) is 0 Å². The molecule has 0 saturated carbocycles. The molecule has 0 aliphatic heterocycles. The van der Waals surface area contributed by atoms with E-state index in [4.69, 9.17) is 5.73 Å². The number of fused-ring (bicyclic) bond motifs is 1. The van der Waals surface area contributed by atoms with Crippen LogP contribution in [0.1, 0.15) is 5.56 Å². The zero-order chi connectivity index (χ0) is 13.1. The van der Waals surface area contributed by atoms with Gasteiger partial charge in [-0.3, -0.25) is 4.79 Å². The number of hydrogen-bond donors (Lipinski definition) is 3. The molecule has 1 aromatic carbocycles. The third kappa shape index (κ3) is 2.52. The van der Waals surface area contributed by atoms with Gasteiger partial charge in [0.1, 0.15) is 6.10 Å². The average Bonchev–Trinajstić information content (AvgIpc) is 2.67. The zero-order valence-electron chi connectivity index (χ0n) is 10.3. The number of aryl methyl sites for hydroxylation is 1. The van der Waals surface area contributed by atoms with Crippen molar-refractivity contribution in [2.45, 2.75) is 12.6 Å². The second-order valence-electron chi connectivity index (χ2n) is 4.33. The first kappa shape index (κ1) is 12.6. The Balaban J connectivity index is 2.06. The van der Waals surface area contributed by atoms with Crippen molar-refractivity contribution in [3.05, 3.63) is 36.0 Å². The van der Waals surface area contributed by atoms with Crippen LogP contribution in [0.15, 0.2) is 30.5 Å². The van der Waals surface area contributed by atoms with Crippen molar-refractivity contribution in [1.82, 2.24) is 9.88 Å². The van der Waals surface area contributed by atoms with Gasteiger partial charge < -0.3 is 20.7 Å². The molecule has 1 aromatic heterocycles. The van der Waals surface area contributed by atoms with Gasteiger partial charge >= 0.3 is 0 Å². The molecule has 1 unspecified atom stereocenters. The summed E-state index contributed by atoms with van der Waals surface area (Å²) in [5, 5.41) is 13.5. The maximum absolute atomic E-state index is 10.7. The molecule has 1 heterocycles. The Hall–Kier alpha value is -1.85. The van der Waals surface area contributed by atoms with Gasteiger partial charge in [0.25, 0.3) is 0 Å². The fourth-order valence-electron chi connectivity index (χ4n) is 2.01. The van der Waals surface area contributed by atoms with Crippen LogP contribution in [-0.2, 0) is 18.4 Å². The summed E-state index contributed by atoms with van der Waals surface area (Å²) in [7, 11) is 1.99. The van der Waals surface area contributed by atoms with Gasteiger partial charge in [-0.25, -0.2) is 0 Å². The van der Waals surface area contributed by atoms with Gasteiger partial charge in [0.05, 0.1) is 0 Å². The number of nitrogens with two attached hydrogens (primary N) is 1. The zero-order valence-corrected chi connectivity index (χ0v) is 10.3. The van der Waals surface area contributed by atoms with Crippen molar-refractivity contribution < 1.29 is 9.90 Å². The maximum Gasteiger partial charge on any atom is 0.247 e. The summed E-state index contributed by atoms with van der Waals surface area (Å²) in [6, 6.07) is 8.09. The Bertz CT molecular complexity index is 562. The number of aromatic nitrogens is 1. The molecule has 96 valence electrons. The predicted octanol–water partition coefficient (Wildman–Crippen LogP) is 0.114. The number of benzene rings is 1. The molecule has 0 aliphatic carbocycles. The third-order valence-electron chi connectivity index (χ3n) is 2.96. The molecule has 18 heavy (non-hydrogen) atoms. The number of carbonyl (C=O) groups excluding carboxylic acids is 1. The first-order valence-electron chi connectivity index (χ1n) is 5.80. The second-order valence-corrected chi connectivity index (χ2v) is 4.33. The van der Waals surface area contributed by atoms with E-state index in [1.54, 1.807) is 0 Å². The van der Waals surface area contributed by atoms with Crippen LogP contribution in [0, 0.1) is 0 Å². The van der Waals surface area contributed by atoms with Crippen molar-refractivity contribution in [3.63, 3.8) is 0 Å². The highest BCUT2D eigenvalue weighted by molar-refractivity contribution is 5.83. The lowest BCUT2D eigenvalue weighted by Crippen LogP contribution is -2.37. The van der Waals surface area contributed by atoms with Gasteiger partial charge in [0.2, 0.25) is 5.91 Å². The lowest BCUT2D eigenvalue weighted by Gasteiger charge is -2.07. The van der Waals surface area contributed by atoms with Crippen molar-refractivity contribution in [1.29, 1.82) is 0 Å². The van der Waals surface area contributed by atoms with Crippen LogP contribution in [0.25, 0.3) is 10.9 Å². The number of para-hydroxylation sites is 1. The van der Waals surface area contributed by atoms with Gasteiger partial charge in [0, 0.05) is 37.2 Å². The van der Waals surface area contributed by atoms with Gasteiger partial charge in [-0.15, -0.1) is 0 Å². The van der Waals surface area contributed by atoms with E-state index in [-0.39, 0.29) is 6.54 Å².